The molecule has 0 radical (unpaired) electrons. The van der Waals surface area contributed by atoms with E-state index >= 15 is 0 Å². The van der Waals surface area contributed by atoms with E-state index in [2.05, 4.69) is 68.7 Å². The van der Waals surface area contributed by atoms with Crippen LogP contribution in [0.3, 0.4) is 0 Å². The van der Waals surface area contributed by atoms with Gasteiger partial charge in [0.1, 0.15) is 12.4 Å². The minimum Gasteiger partial charge on any atom is -0.487 e. The van der Waals surface area contributed by atoms with Crippen molar-refractivity contribution in [1.82, 2.24) is 4.57 Å². The van der Waals surface area contributed by atoms with Crippen LogP contribution in [0, 0.1) is 13.8 Å². The van der Waals surface area contributed by atoms with Gasteiger partial charge in [0.2, 0.25) is 0 Å². The van der Waals surface area contributed by atoms with E-state index in [-0.39, 0.29) is 0 Å². The third-order valence-corrected chi connectivity index (χ3v) is 3.97. The first kappa shape index (κ1) is 14.7. The fraction of sp³-hybridized carbons (Fsp3) is 0.300. The Labute approximate surface area is 132 Å². The number of fused-ring (bicyclic) bond motifs is 1. The van der Waals surface area contributed by atoms with Crippen LogP contribution in [0.25, 0.3) is 10.9 Å². The number of aryl methyl sites for hydroxylation is 2. The maximum Gasteiger partial charge on any atom is 0.128 e. The van der Waals surface area contributed by atoms with Crippen LogP contribution in [0.15, 0.2) is 48.5 Å². The molecule has 3 aromatic rings. The van der Waals surface area contributed by atoms with Crippen LogP contribution in [-0.2, 0) is 6.61 Å². The van der Waals surface area contributed by atoms with Crippen molar-refractivity contribution in [1.29, 1.82) is 0 Å². The van der Waals surface area contributed by atoms with Crippen LogP contribution in [0.1, 0.15) is 36.7 Å². The molecule has 0 unspecified atom stereocenters. The number of nitrogens with zero attached hydrogens (tertiary/aromatic N) is 1. The lowest BCUT2D eigenvalue weighted by Crippen LogP contribution is -2.08. The number of hydrogen-bond acceptors (Lipinski definition) is 1. The average molecular weight is 293 g/mol. The highest BCUT2D eigenvalue weighted by molar-refractivity contribution is 5.82. The molecule has 1 heterocycles. The highest BCUT2D eigenvalue weighted by Crippen LogP contribution is 2.26. The fourth-order valence-electron chi connectivity index (χ4n) is 3.00. The highest BCUT2D eigenvalue weighted by Gasteiger charge is 2.12. The van der Waals surface area contributed by atoms with Crippen LogP contribution in [-0.4, -0.2) is 4.57 Å². The molecule has 0 N–H and O–H groups in total. The molecular formula is C20H23NO. The van der Waals surface area contributed by atoms with Gasteiger partial charge in [0.25, 0.3) is 0 Å². The minimum atomic E-state index is 0.413. The first-order chi connectivity index (χ1) is 10.5. The Balaban J connectivity index is 1.94. The Hall–Kier alpha value is -2.22. The third-order valence-electron chi connectivity index (χ3n) is 3.97. The van der Waals surface area contributed by atoms with Crippen molar-refractivity contribution in [3.63, 3.8) is 0 Å². The van der Waals surface area contributed by atoms with Crippen LogP contribution in [0.2, 0.25) is 0 Å². The summed E-state index contributed by atoms with van der Waals surface area (Å²) in [5, 5.41) is 1.29. The fourth-order valence-corrected chi connectivity index (χ4v) is 3.00. The molecule has 2 aromatic carbocycles. The van der Waals surface area contributed by atoms with E-state index in [1.165, 1.54) is 27.7 Å². The Bertz CT molecular complexity index is 799. The zero-order chi connectivity index (χ0) is 15.7. The van der Waals surface area contributed by atoms with Crippen LogP contribution >= 0.6 is 0 Å². The normalized spacial score (nSPS) is 11.3. The van der Waals surface area contributed by atoms with Crippen molar-refractivity contribution in [3.05, 3.63) is 65.4 Å². The number of benzene rings is 2. The average Bonchev–Trinajstić information content (AvgIpc) is 2.82. The van der Waals surface area contributed by atoms with Gasteiger partial charge in [-0.3, -0.25) is 0 Å². The molecule has 0 saturated heterocycles. The molecule has 0 spiro atoms. The van der Waals surface area contributed by atoms with Gasteiger partial charge < -0.3 is 9.30 Å². The molecule has 0 bridgehead atoms. The van der Waals surface area contributed by atoms with Crippen molar-refractivity contribution < 1.29 is 4.74 Å². The first-order valence-corrected chi connectivity index (χ1v) is 7.84. The van der Waals surface area contributed by atoms with Gasteiger partial charge in [-0.1, -0.05) is 23.8 Å². The number of aromatic nitrogens is 1. The second kappa shape index (κ2) is 5.88. The van der Waals surface area contributed by atoms with Gasteiger partial charge in [0.05, 0.1) is 5.69 Å². The molecule has 0 saturated carbocycles. The Morgan fingerprint density at radius 3 is 2.45 bits per heavy atom. The molecule has 22 heavy (non-hydrogen) atoms. The Morgan fingerprint density at radius 1 is 0.955 bits per heavy atom. The quantitative estimate of drug-likeness (QED) is 0.626. The number of ether oxygens (including phenoxy) is 1. The molecule has 0 aliphatic carbocycles. The lowest BCUT2D eigenvalue weighted by Gasteiger charge is -2.15. The molecule has 2 heteroatoms. The SMILES string of the molecule is Cc1cccc(OCc2cc3cc(C)ccc3n2C(C)C)c1. The van der Waals surface area contributed by atoms with Crippen LogP contribution in [0.4, 0.5) is 0 Å². The molecule has 0 amide bonds. The summed E-state index contributed by atoms with van der Waals surface area (Å²) >= 11 is 0. The monoisotopic (exact) mass is 293 g/mol. The predicted octanol–water partition coefficient (Wildman–Crippen LogP) is 5.42. The zero-order valence-electron chi connectivity index (χ0n) is 13.8. The van der Waals surface area contributed by atoms with E-state index in [4.69, 9.17) is 4.74 Å². The summed E-state index contributed by atoms with van der Waals surface area (Å²) in [5.41, 5.74) is 5.01. The number of hydrogen-bond donors (Lipinski definition) is 0. The van der Waals surface area contributed by atoms with Crippen molar-refractivity contribution in [2.75, 3.05) is 0 Å². The van der Waals surface area contributed by atoms with Gasteiger partial charge in [-0.15, -0.1) is 0 Å². The van der Waals surface area contributed by atoms with Gasteiger partial charge >= 0.3 is 0 Å². The van der Waals surface area contributed by atoms with E-state index in [1.807, 2.05) is 12.1 Å². The van der Waals surface area contributed by atoms with Crippen molar-refractivity contribution in [2.24, 2.45) is 0 Å². The molecule has 2 nitrogen and oxygen atoms in total. The Kier molecular flexibility index (Phi) is 3.93. The molecule has 0 aliphatic heterocycles. The Morgan fingerprint density at radius 2 is 1.73 bits per heavy atom. The molecular weight excluding hydrogens is 270 g/mol. The predicted molar refractivity (Wildman–Crippen MR) is 92.6 cm³/mol. The van der Waals surface area contributed by atoms with Gasteiger partial charge in [-0.25, -0.2) is 0 Å². The van der Waals surface area contributed by atoms with Gasteiger partial charge in [0, 0.05) is 16.9 Å². The third kappa shape index (κ3) is 2.87. The molecule has 114 valence electrons. The summed E-state index contributed by atoms with van der Waals surface area (Å²) in [4.78, 5) is 0. The van der Waals surface area contributed by atoms with Gasteiger partial charge in [-0.2, -0.15) is 0 Å². The molecule has 0 atom stereocenters. The summed E-state index contributed by atoms with van der Waals surface area (Å²) in [7, 11) is 0. The van der Waals surface area contributed by atoms with E-state index < -0.39 is 0 Å². The summed E-state index contributed by atoms with van der Waals surface area (Å²) in [6, 6.07) is 17.5. The first-order valence-electron chi connectivity index (χ1n) is 7.84. The van der Waals surface area contributed by atoms with Crippen LogP contribution < -0.4 is 4.74 Å². The minimum absolute atomic E-state index is 0.413. The summed E-state index contributed by atoms with van der Waals surface area (Å²) in [6.45, 7) is 9.25. The molecule has 3 rings (SSSR count). The summed E-state index contributed by atoms with van der Waals surface area (Å²) < 4.78 is 8.37. The summed E-state index contributed by atoms with van der Waals surface area (Å²) in [6.07, 6.45) is 0. The lowest BCUT2D eigenvalue weighted by molar-refractivity contribution is 0.293. The molecule has 0 aliphatic rings. The molecule has 1 aromatic heterocycles. The number of rotatable bonds is 4. The second-order valence-corrected chi connectivity index (χ2v) is 6.27. The van der Waals surface area contributed by atoms with Crippen molar-refractivity contribution in [2.45, 2.75) is 40.3 Å². The smallest absolute Gasteiger partial charge is 0.128 e. The highest BCUT2D eigenvalue weighted by atomic mass is 16.5. The van der Waals surface area contributed by atoms with Crippen molar-refractivity contribution >= 4 is 10.9 Å². The maximum atomic E-state index is 6.00. The summed E-state index contributed by atoms with van der Waals surface area (Å²) in [5.74, 6) is 0.928. The van der Waals surface area contributed by atoms with Gasteiger partial charge in [-0.05, 0) is 63.6 Å². The van der Waals surface area contributed by atoms with E-state index in [1.54, 1.807) is 0 Å². The van der Waals surface area contributed by atoms with Gasteiger partial charge in [0.15, 0.2) is 0 Å². The zero-order valence-corrected chi connectivity index (χ0v) is 13.8. The topological polar surface area (TPSA) is 14.2 Å². The lowest BCUT2D eigenvalue weighted by atomic mass is 10.2. The van der Waals surface area contributed by atoms with E-state index in [0.29, 0.717) is 12.6 Å². The molecule has 0 fully saturated rings. The van der Waals surface area contributed by atoms with E-state index in [9.17, 15) is 0 Å². The van der Waals surface area contributed by atoms with Crippen molar-refractivity contribution in [3.8, 4) is 5.75 Å². The largest absolute Gasteiger partial charge is 0.487 e. The van der Waals surface area contributed by atoms with Crippen LogP contribution in [0.5, 0.6) is 5.75 Å². The standard InChI is InChI=1S/C20H23NO/c1-14(2)21-18(12-17-10-16(4)8-9-20(17)21)13-22-19-7-5-6-15(3)11-19/h5-12,14H,13H2,1-4H3. The maximum absolute atomic E-state index is 6.00. The second-order valence-electron chi connectivity index (χ2n) is 6.27. The van der Waals surface area contributed by atoms with E-state index in [0.717, 1.165) is 5.75 Å².